The zero-order chi connectivity index (χ0) is 19.5. The van der Waals surface area contributed by atoms with Crippen LogP contribution in [-0.4, -0.2) is 61.2 Å². The van der Waals surface area contributed by atoms with E-state index in [-0.39, 0.29) is 17.5 Å². The highest BCUT2D eigenvalue weighted by Crippen LogP contribution is 2.29. The van der Waals surface area contributed by atoms with Gasteiger partial charge in [0.15, 0.2) is 5.69 Å². The van der Waals surface area contributed by atoms with Gasteiger partial charge in [-0.15, -0.1) is 0 Å². The molecule has 4 rings (SSSR count). The Hall–Kier alpha value is -3.35. The largest absolute Gasteiger partial charge is 0.495 e. The van der Waals surface area contributed by atoms with E-state index in [1.165, 1.54) is 7.11 Å². The van der Waals surface area contributed by atoms with Crippen molar-refractivity contribution in [3.05, 3.63) is 54.2 Å². The predicted octanol–water partition coefficient (Wildman–Crippen LogP) is 2.61. The van der Waals surface area contributed by atoms with Crippen LogP contribution in [-0.2, 0) is 0 Å². The monoisotopic (exact) mass is 378 g/mol. The fourth-order valence-electron chi connectivity index (χ4n) is 3.46. The highest BCUT2D eigenvalue weighted by atomic mass is 16.5. The van der Waals surface area contributed by atoms with Gasteiger partial charge in [-0.3, -0.25) is 4.79 Å². The first-order chi connectivity index (χ1) is 13.7. The van der Waals surface area contributed by atoms with E-state index >= 15 is 0 Å². The van der Waals surface area contributed by atoms with Crippen LogP contribution in [0.1, 0.15) is 10.5 Å². The lowest BCUT2D eigenvalue weighted by Gasteiger charge is -2.36. The minimum atomic E-state index is -0.158. The summed E-state index contributed by atoms with van der Waals surface area (Å²) in [5, 5.41) is 0. The predicted molar refractivity (Wildman–Crippen MR) is 107 cm³/mol. The lowest BCUT2D eigenvalue weighted by molar-refractivity contribution is 0.0736. The van der Waals surface area contributed by atoms with Gasteiger partial charge < -0.3 is 19.3 Å². The quantitative estimate of drug-likeness (QED) is 0.695. The van der Waals surface area contributed by atoms with Crippen molar-refractivity contribution in [3.63, 3.8) is 0 Å². The summed E-state index contributed by atoms with van der Waals surface area (Å²) in [4.78, 5) is 26.1. The normalized spacial score (nSPS) is 14.2. The van der Waals surface area contributed by atoms with Gasteiger partial charge in [0.2, 0.25) is 5.88 Å². The first kappa shape index (κ1) is 18.0. The Kier molecular flexibility index (Phi) is 4.97. The van der Waals surface area contributed by atoms with E-state index in [2.05, 4.69) is 14.9 Å². The molecule has 144 valence electrons. The van der Waals surface area contributed by atoms with Gasteiger partial charge in [-0.25, -0.2) is 9.97 Å². The number of rotatable bonds is 4. The van der Waals surface area contributed by atoms with Gasteiger partial charge in [0.1, 0.15) is 5.75 Å². The second-order valence-corrected chi connectivity index (χ2v) is 6.52. The van der Waals surface area contributed by atoms with Gasteiger partial charge >= 0.3 is 0 Å². The van der Waals surface area contributed by atoms with E-state index in [0.717, 1.165) is 24.5 Å². The third kappa shape index (κ3) is 3.31. The molecule has 0 unspecified atom stereocenters. The molecule has 1 fully saturated rings. The number of hydrogen-bond acceptors (Lipinski definition) is 6. The Labute approximate surface area is 163 Å². The molecule has 0 atom stereocenters. The summed E-state index contributed by atoms with van der Waals surface area (Å²) in [6, 6.07) is 15.4. The lowest BCUT2D eigenvalue weighted by atomic mass is 10.2. The Bertz CT molecular complexity index is 1000. The zero-order valence-electron chi connectivity index (χ0n) is 16.0. The Balaban J connectivity index is 1.53. The van der Waals surface area contributed by atoms with Crippen molar-refractivity contribution in [1.29, 1.82) is 0 Å². The van der Waals surface area contributed by atoms with Crippen molar-refractivity contribution < 1.29 is 14.3 Å². The van der Waals surface area contributed by atoms with Crippen LogP contribution in [0, 0.1) is 0 Å². The molecule has 0 N–H and O–H groups in total. The highest BCUT2D eigenvalue weighted by Gasteiger charge is 2.27. The number of anilines is 1. The Morgan fingerprint density at radius 2 is 1.50 bits per heavy atom. The van der Waals surface area contributed by atoms with E-state index in [1.54, 1.807) is 12.0 Å². The summed E-state index contributed by atoms with van der Waals surface area (Å²) in [5.41, 5.74) is 2.68. The van der Waals surface area contributed by atoms with Crippen LogP contribution in [0.5, 0.6) is 11.6 Å². The number of fused-ring (bicyclic) bond motifs is 1. The van der Waals surface area contributed by atoms with E-state index in [4.69, 9.17) is 9.47 Å². The molecule has 7 nitrogen and oxygen atoms in total. The van der Waals surface area contributed by atoms with E-state index < -0.39 is 0 Å². The smallest absolute Gasteiger partial charge is 0.278 e. The average molecular weight is 378 g/mol. The summed E-state index contributed by atoms with van der Waals surface area (Å²) in [6.07, 6.45) is 0. The average Bonchev–Trinajstić information content (AvgIpc) is 2.77. The summed E-state index contributed by atoms with van der Waals surface area (Å²) < 4.78 is 10.8. The van der Waals surface area contributed by atoms with E-state index in [0.29, 0.717) is 24.1 Å². The molecule has 3 aromatic rings. The molecule has 1 aromatic heterocycles. The van der Waals surface area contributed by atoms with Crippen LogP contribution in [0.15, 0.2) is 48.5 Å². The van der Waals surface area contributed by atoms with Gasteiger partial charge in [-0.2, -0.15) is 0 Å². The standard InChI is InChI=1S/C21H22N4O3/c1-27-18-10-6-5-9-17(18)24-11-13-25(14-12-24)21(26)19-20(28-2)23-16-8-4-3-7-15(16)22-19/h3-10H,11-14H2,1-2H3. The number of benzene rings is 2. The SMILES string of the molecule is COc1ccccc1N1CCN(C(=O)c2nc3ccccc3nc2OC)CC1. The highest BCUT2D eigenvalue weighted by molar-refractivity contribution is 5.96. The van der Waals surface area contributed by atoms with Crippen molar-refractivity contribution in [1.82, 2.24) is 14.9 Å². The van der Waals surface area contributed by atoms with Gasteiger partial charge in [0.25, 0.3) is 5.91 Å². The fourth-order valence-corrected chi connectivity index (χ4v) is 3.46. The number of hydrogen-bond donors (Lipinski definition) is 0. The number of ether oxygens (including phenoxy) is 2. The second-order valence-electron chi connectivity index (χ2n) is 6.52. The number of carbonyl (C=O) groups excluding carboxylic acids is 1. The molecular weight excluding hydrogens is 356 g/mol. The zero-order valence-corrected chi connectivity index (χ0v) is 16.0. The number of aromatic nitrogens is 2. The molecular formula is C21H22N4O3. The molecule has 1 amide bonds. The topological polar surface area (TPSA) is 67.8 Å². The summed E-state index contributed by atoms with van der Waals surface area (Å²) >= 11 is 0. The molecule has 0 spiro atoms. The van der Waals surface area contributed by atoms with Crippen molar-refractivity contribution in [3.8, 4) is 11.6 Å². The molecule has 7 heteroatoms. The molecule has 0 bridgehead atoms. The first-order valence-corrected chi connectivity index (χ1v) is 9.19. The molecule has 1 saturated heterocycles. The molecule has 2 aromatic carbocycles. The maximum atomic E-state index is 13.1. The van der Waals surface area contributed by atoms with Crippen molar-refractivity contribution >= 4 is 22.6 Å². The molecule has 0 aliphatic carbocycles. The summed E-state index contributed by atoms with van der Waals surface area (Å²) in [5.74, 6) is 0.940. The third-order valence-corrected chi connectivity index (χ3v) is 4.93. The van der Waals surface area contributed by atoms with Crippen molar-refractivity contribution in [2.45, 2.75) is 0 Å². The van der Waals surface area contributed by atoms with Gasteiger partial charge in [-0.1, -0.05) is 24.3 Å². The van der Waals surface area contributed by atoms with Gasteiger partial charge in [0, 0.05) is 26.2 Å². The van der Waals surface area contributed by atoms with Crippen LogP contribution in [0.25, 0.3) is 11.0 Å². The van der Waals surface area contributed by atoms with Crippen LogP contribution >= 0.6 is 0 Å². The maximum absolute atomic E-state index is 13.1. The van der Waals surface area contributed by atoms with Crippen LogP contribution in [0.4, 0.5) is 5.69 Å². The second kappa shape index (κ2) is 7.72. The number of amides is 1. The number of nitrogens with zero attached hydrogens (tertiary/aromatic N) is 4. The van der Waals surface area contributed by atoms with Crippen LogP contribution in [0.3, 0.4) is 0 Å². The summed E-state index contributed by atoms with van der Waals surface area (Å²) in [7, 11) is 3.18. The summed E-state index contributed by atoms with van der Waals surface area (Å²) in [6.45, 7) is 2.62. The molecule has 1 aliphatic rings. The van der Waals surface area contributed by atoms with Gasteiger partial charge in [0.05, 0.1) is 30.9 Å². The minimum absolute atomic E-state index is 0.158. The van der Waals surface area contributed by atoms with Crippen LogP contribution in [0.2, 0.25) is 0 Å². The number of piperazine rings is 1. The third-order valence-electron chi connectivity index (χ3n) is 4.93. The maximum Gasteiger partial charge on any atom is 0.278 e. The minimum Gasteiger partial charge on any atom is -0.495 e. The Morgan fingerprint density at radius 3 is 2.18 bits per heavy atom. The number of methoxy groups -OCH3 is 2. The fraction of sp³-hybridized carbons (Fsp3) is 0.286. The van der Waals surface area contributed by atoms with Crippen molar-refractivity contribution in [2.24, 2.45) is 0 Å². The van der Waals surface area contributed by atoms with E-state index in [9.17, 15) is 4.79 Å². The first-order valence-electron chi connectivity index (χ1n) is 9.19. The number of carbonyl (C=O) groups is 1. The van der Waals surface area contributed by atoms with Crippen molar-refractivity contribution in [2.75, 3.05) is 45.3 Å². The number of para-hydroxylation sites is 4. The Morgan fingerprint density at radius 1 is 0.857 bits per heavy atom. The molecule has 2 heterocycles. The molecule has 28 heavy (non-hydrogen) atoms. The molecule has 0 saturated carbocycles. The lowest BCUT2D eigenvalue weighted by Crippen LogP contribution is -2.49. The van der Waals surface area contributed by atoms with Crippen LogP contribution < -0.4 is 14.4 Å². The van der Waals surface area contributed by atoms with E-state index in [1.807, 2.05) is 48.5 Å². The molecule has 0 radical (unpaired) electrons. The van der Waals surface area contributed by atoms with Gasteiger partial charge in [-0.05, 0) is 24.3 Å². The molecule has 1 aliphatic heterocycles.